The maximum absolute atomic E-state index is 13.5. The number of hydrogen-bond acceptors (Lipinski definition) is 5. The van der Waals surface area contributed by atoms with Gasteiger partial charge in [0.2, 0.25) is 0 Å². The van der Waals surface area contributed by atoms with Gasteiger partial charge in [-0.1, -0.05) is 48.5 Å². The van der Waals surface area contributed by atoms with Gasteiger partial charge in [0.1, 0.15) is 5.82 Å². The standard InChI is InChI=1S/C30H26FN3O4/c1-21(35)27(18-22-8-4-2-5-9-22)32-28(36)20-38-29(37)17-14-24-19-34(26-10-6-3-7-11-26)33-30(24)23-12-15-25(31)16-13-23/h2-17,19,27H,18,20H2,1H3,(H,32,36)/b17-14+. The summed E-state index contributed by atoms with van der Waals surface area (Å²) in [6.07, 6.45) is 4.80. The van der Waals surface area contributed by atoms with Crippen LogP contribution in [0.3, 0.4) is 0 Å². The van der Waals surface area contributed by atoms with Gasteiger partial charge in [0, 0.05) is 23.4 Å². The molecule has 1 heterocycles. The summed E-state index contributed by atoms with van der Waals surface area (Å²) in [4.78, 5) is 36.7. The first-order chi connectivity index (χ1) is 18.4. The molecule has 1 aromatic heterocycles. The van der Waals surface area contributed by atoms with Crippen LogP contribution in [0.25, 0.3) is 23.0 Å². The minimum atomic E-state index is -0.736. The van der Waals surface area contributed by atoms with Gasteiger partial charge in [-0.05, 0) is 61.4 Å². The highest BCUT2D eigenvalue weighted by molar-refractivity contribution is 5.92. The van der Waals surface area contributed by atoms with Crippen molar-refractivity contribution in [1.82, 2.24) is 15.1 Å². The highest BCUT2D eigenvalue weighted by atomic mass is 19.1. The van der Waals surface area contributed by atoms with E-state index in [1.54, 1.807) is 23.0 Å². The van der Waals surface area contributed by atoms with E-state index in [0.717, 1.165) is 11.3 Å². The fourth-order valence-electron chi connectivity index (χ4n) is 3.78. The third-order valence-electron chi connectivity index (χ3n) is 5.73. The number of esters is 1. The molecule has 0 radical (unpaired) electrons. The van der Waals surface area contributed by atoms with Crippen LogP contribution in [-0.4, -0.2) is 40.1 Å². The van der Waals surface area contributed by atoms with Crippen molar-refractivity contribution in [3.8, 4) is 16.9 Å². The molecule has 1 amide bonds. The zero-order valence-electron chi connectivity index (χ0n) is 20.7. The van der Waals surface area contributed by atoms with E-state index >= 15 is 0 Å². The first-order valence-electron chi connectivity index (χ1n) is 12.0. The van der Waals surface area contributed by atoms with Crippen LogP contribution < -0.4 is 5.32 Å². The Kier molecular flexibility index (Phi) is 8.56. The fourth-order valence-corrected chi connectivity index (χ4v) is 3.78. The second kappa shape index (κ2) is 12.4. The summed E-state index contributed by atoms with van der Waals surface area (Å²) in [5, 5.41) is 7.23. The maximum atomic E-state index is 13.5. The Balaban J connectivity index is 1.42. The highest BCUT2D eigenvalue weighted by Gasteiger charge is 2.18. The third-order valence-corrected chi connectivity index (χ3v) is 5.73. The quantitative estimate of drug-likeness (QED) is 0.249. The summed E-state index contributed by atoms with van der Waals surface area (Å²) >= 11 is 0. The van der Waals surface area contributed by atoms with Crippen molar-refractivity contribution in [1.29, 1.82) is 0 Å². The van der Waals surface area contributed by atoms with E-state index in [1.165, 1.54) is 31.2 Å². The lowest BCUT2D eigenvalue weighted by Crippen LogP contribution is -2.43. The molecule has 3 aromatic carbocycles. The Labute approximate surface area is 219 Å². The van der Waals surface area contributed by atoms with Gasteiger partial charge in [0.15, 0.2) is 12.4 Å². The molecule has 4 rings (SSSR count). The van der Waals surface area contributed by atoms with E-state index in [2.05, 4.69) is 10.4 Å². The van der Waals surface area contributed by atoms with Gasteiger partial charge in [0.25, 0.3) is 5.91 Å². The molecule has 7 nitrogen and oxygen atoms in total. The molecule has 192 valence electrons. The molecule has 0 fully saturated rings. The van der Waals surface area contributed by atoms with E-state index < -0.39 is 24.5 Å². The second-order valence-corrected chi connectivity index (χ2v) is 8.58. The number of carbonyl (C=O) groups excluding carboxylic acids is 3. The number of Topliss-reactive ketones (excluding diaryl/α,β-unsaturated/α-hetero) is 1. The number of amides is 1. The monoisotopic (exact) mass is 511 g/mol. The van der Waals surface area contributed by atoms with Crippen molar-refractivity contribution < 1.29 is 23.5 Å². The first-order valence-corrected chi connectivity index (χ1v) is 12.0. The molecule has 0 spiro atoms. The van der Waals surface area contributed by atoms with Gasteiger partial charge in [-0.25, -0.2) is 13.9 Å². The lowest BCUT2D eigenvalue weighted by Gasteiger charge is -2.16. The fraction of sp³-hybridized carbons (Fsp3) is 0.133. The molecule has 1 unspecified atom stereocenters. The van der Waals surface area contributed by atoms with Crippen LogP contribution >= 0.6 is 0 Å². The molecule has 8 heteroatoms. The van der Waals surface area contributed by atoms with Crippen LogP contribution in [0.2, 0.25) is 0 Å². The van der Waals surface area contributed by atoms with Crippen molar-refractivity contribution in [2.75, 3.05) is 6.61 Å². The maximum Gasteiger partial charge on any atom is 0.331 e. The number of hydrogen-bond donors (Lipinski definition) is 1. The topological polar surface area (TPSA) is 90.3 Å². The summed E-state index contributed by atoms with van der Waals surface area (Å²) in [5.74, 6) is -1.88. The van der Waals surface area contributed by atoms with Gasteiger partial charge >= 0.3 is 5.97 Å². The molecular weight excluding hydrogens is 485 g/mol. The van der Waals surface area contributed by atoms with E-state index in [1.807, 2.05) is 60.7 Å². The van der Waals surface area contributed by atoms with Gasteiger partial charge in [-0.2, -0.15) is 5.10 Å². The van der Waals surface area contributed by atoms with Crippen LogP contribution in [0.15, 0.2) is 97.2 Å². The molecule has 4 aromatic rings. The zero-order chi connectivity index (χ0) is 26.9. The Morgan fingerprint density at radius 3 is 2.29 bits per heavy atom. The van der Waals surface area contributed by atoms with E-state index in [-0.39, 0.29) is 11.6 Å². The molecule has 0 aliphatic heterocycles. The molecule has 0 saturated carbocycles. The van der Waals surface area contributed by atoms with Crippen LogP contribution in [0, 0.1) is 5.82 Å². The first kappa shape index (κ1) is 26.2. The van der Waals surface area contributed by atoms with Crippen LogP contribution in [0.1, 0.15) is 18.1 Å². The van der Waals surface area contributed by atoms with Crippen LogP contribution in [0.4, 0.5) is 4.39 Å². The van der Waals surface area contributed by atoms with Crippen molar-refractivity contribution in [3.05, 3.63) is 114 Å². The Morgan fingerprint density at radius 2 is 1.63 bits per heavy atom. The lowest BCUT2D eigenvalue weighted by atomic mass is 10.0. The number of carbonyl (C=O) groups is 3. The highest BCUT2D eigenvalue weighted by Crippen LogP contribution is 2.25. The van der Waals surface area contributed by atoms with Crippen molar-refractivity contribution in [3.63, 3.8) is 0 Å². The van der Waals surface area contributed by atoms with Gasteiger partial charge in [0.05, 0.1) is 17.4 Å². The molecule has 1 N–H and O–H groups in total. The SMILES string of the molecule is CC(=O)C(Cc1ccccc1)NC(=O)COC(=O)/C=C/c1cn(-c2ccccc2)nc1-c1ccc(F)cc1. The molecule has 38 heavy (non-hydrogen) atoms. The number of nitrogens with one attached hydrogen (secondary N) is 1. The summed E-state index contributed by atoms with van der Waals surface area (Å²) in [7, 11) is 0. The average Bonchev–Trinajstić information content (AvgIpc) is 3.36. The molecule has 1 atom stereocenters. The van der Waals surface area contributed by atoms with Crippen molar-refractivity contribution in [2.24, 2.45) is 0 Å². The molecule has 0 aliphatic rings. The van der Waals surface area contributed by atoms with E-state index in [0.29, 0.717) is 23.2 Å². The Hall–Kier alpha value is -4.85. The molecule has 0 bridgehead atoms. The summed E-state index contributed by atoms with van der Waals surface area (Å²) in [5.41, 5.74) is 3.52. The lowest BCUT2D eigenvalue weighted by molar-refractivity contribution is -0.144. The summed E-state index contributed by atoms with van der Waals surface area (Å²) < 4.78 is 20.2. The minimum absolute atomic E-state index is 0.197. The Bertz CT molecular complexity index is 1430. The van der Waals surface area contributed by atoms with Gasteiger partial charge < -0.3 is 10.1 Å². The molecule has 0 saturated heterocycles. The predicted molar refractivity (Wildman–Crippen MR) is 142 cm³/mol. The number of benzene rings is 3. The largest absolute Gasteiger partial charge is 0.452 e. The van der Waals surface area contributed by atoms with Gasteiger partial charge in [-0.15, -0.1) is 0 Å². The summed E-state index contributed by atoms with van der Waals surface area (Å²) in [6.45, 7) is 0.868. The van der Waals surface area contributed by atoms with Crippen molar-refractivity contribution in [2.45, 2.75) is 19.4 Å². The molecular formula is C30H26FN3O4. The molecule has 0 aliphatic carbocycles. The van der Waals surface area contributed by atoms with E-state index in [4.69, 9.17) is 4.74 Å². The van der Waals surface area contributed by atoms with E-state index in [9.17, 15) is 18.8 Å². The summed E-state index contributed by atoms with van der Waals surface area (Å²) in [6, 6.07) is 23.9. The zero-order valence-corrected chi connectivity index (χ0v) is 20.7. The number of ketones is 1. The smallest absolute Gasteiger partial charge is 0.331 e. The number of rotatable bonds is 10. The number of nitrogens with zero attached hydrogens (tertiary/aromatic N) is 2. The van der Waals surface area contributed by atoms with Crippen LogP contribution in [-0.2, 0) is 25.5 Å². The van der Waals surface area contributed by atoms with Gasteiger partial charge in [-0.3, -0.25) is 9.59 Å². The number of para-hydroxylation sites is 1. The minimum Gasteiger partial charge on any atom is -0.452 e. The number of halogens is 1. The van der Waals surface area contributed by atoms with Crippen LogP contribution in [0.5, 0.6) is 0 Å². The normalized spacial score (nSPS) is 11.7. The van der Waals surface area contributed by atoms with Crippen molar-refractivity contribution >= 4 is 23.7 Å². The number of ether oxygens (including phenoxy) is 1. The third kappa shape index (κ3) is 7.10. The average molecular weight is 512 g/mol. The Morgan fingerprint density at radius 1 is 0.974 bits per heavy atom. The second-order valence-electron chi connectivity index (χ2n) is 8.58. The number of aromatic nitrogens is 2. The predicted octanol–water partition coefficient (Wildman–Crippen LogP) is 4.55.